The molecule has 1 aromatic carbocycles. The standard InChI is InChI=1S/C18H25NO3/c1-19(12-14-5-4-7-16(14)20)18(21)11-13-9-10-22-17-8-3-2-6-15(13)17/h2-3,6,8,13-14,16,20H,4-5,7,9-12H2,1H3. The topological polar surface area (TPSA) is 49.8 Å². The van der Waals surface area contributed by atoms with E-state index in [-0.39, 0.29) is 23.8 Å². The number of hydrogen-bond acceptors (Lipinski definition) is 3. The molecule has 1 aliphatic carbocycles. The van der Waals surface area contributed by atoms with Crippen molar-refractivity contribution in [2.75, 3.05) is 20.2 Å². The molecule has 1 fully saturated rings. The number of carbonyl (C=O) groups is 1. The van der Waals surface area contributed by atoms with E-state index in [1.165, 1.54) is 0 Å². The van der Waals surface area contributed by atoms with Crippen LogP contribution in [0.2, 0.25) is 0 Å². The maximum atomic E-state index is 12.5. The number of benzene rings is 1. The highest BCUT2D eigenvalue weighted by Gasteiger charge is 2.29. The number of para-hydroxylation sites is 1. The number of fused-ring (bicyclic) bond motifs is 1. The Labute approximate surface area is 132 Å². The van der Waals surface area contributed by atoms with Gasteiger partial charge in [0.15, 0.2) is 0 Å². The van der Waals surface area contributed by atoms with Gasteiger partial charge in [0.25, 0.3) is 0 Å². The number of amides is 1. The summed E-state index contributed by atoms with van der Waals surface area (Å²) in [5, 5.41) is 9.92. The molecule has 1 amide bonds. The summed E-state index contributed by atoms with van der Waals surface area (Å²) in [5.74, 6) is 1.57. The maximum Gasteiger partial charge on any atom is 0.222 e. The van der Waals surface area contributed by atoms with Gasteiger partial charge in [0.05, 0.1) is 12.7 Å². The molecule has 3 atom stereocenters. The second-order valence-corrected chi connectivity index (χ2v) is 6.61. The molecule has 2 aliphatic rings. The third-order valence-corrected chi connectivity index (χ3v) is 5.06. The van der Waals surface area contributed by atoms with Gasteiger partial charge in [-0.3, -0.25) is 4.79 Å². The highest BCUT2D eigenvalue weighted by atomic mass is 16.5. The summed E-state index contributed by atoms with van der Waals surface area (Å²) < 4.78 is 5.66. The van der Waals surface area contributed by atoms with E-state index in [0.29, 0.717) is 19.6 Å². The van der Waals surface area contributed by atoms with E-state index in [1.54, 1.807) is 4.90 Å². The lowest BCUT2D eigenvalue weighted by molar-refractivity contribution is -0.131. The van der Waals surface area contributed by atoms with Crippen LogP contribution in [0.1, 0.15) is 43.6 Å². The van der Waals surface area contributed by atoms with Crippen LogP contribution in [0.5, 0.6) is 5.75 Å². The van der Waals surface area contributed by atoms with Gasteiger partial charge in [-0.25, -0.2) is 0 Å². The summed E-state index contributed by atoms with van der Waals surface area (Å²) in [5.41, 5.74) is 1.15. The number of rotatable bonds is 4. The molecule has 3 unspecified atom stereocenters. The minimum atomic E-state index is -0.237. The van der Waals surface area contributed by atoms with Gasteiger partial charge in [-0.15, -0.1) is 0 Å². The number of aliphatic hydroxyl groups is 1. The van der Waals surface area contributed by atoms with Crippen molar-refractivity contribution in [3.63, 3.8) is 0 Å². The predicted octanol–water partition coefficient (Wildman–Crippen LogP) is 2.56. The fraction of sp³-hybridized carbons (Fsp3) is 0.611. The monoisotopic (exact) mass is 303 g/mol. The zero-order valence-corrected chi connectivity index (χ0v) is 13.2. The Bertz CT molecular complexity index is 531. The predicted molar refractivity (Wildman–Crippen MR) is 84.9 cm³/mol. The first-order chi connectivity index (χ1) is 10.6. The lowest BCUT2D eigenvalue weighted by Crippen LogP contribution is -2.35. The molecule has 0 saturated heterocycles. The van der Waals surface area contributed by atoms with Gasteiger partial charge in [-0.1, -0.05) is 24.6 Å². The van der Waals surface area contributed by atoms with Gasteiger partial charge in [0.2, 0.25) is 5.91 Å². The SMILES string of the molecule is CN(CC1CCCC1O)C(=O)CC1CCOc2ccccc21. The summed E-state index contributed by atoms with van der Waals surface area (Å²) in [6, 6.07) is 8.01. The van der Waals surface area contributed by atoms with Crippen molar-refractivity contribution in [2.45, 2.75) is 44.1 Å². The lowest BCUT2D eigenvalue weighted by atomic mass is 9.90. The van der Waals surface area contributed by atoms with Crippen molar-refractivity contribution in [1.29, 1.82) is 0 Å². The smallest absolute Gasteiger partial charge is 0.222 e. The van der Waals surface area contributed by atoms with E-state index in [2.05, 4.69) is 6.07 Å². The van der Waals surface area contributed by atoms with Crippen LogP contribution in [0.15, 0.2) is 24.3 Å². The van der Waals surface area contributed by atoms with Crippen LogP contribution < -0.4 is 4.74 Å². The average molecular weight is 303 g/mol. The molecule has 0 aromatic heterocycles. The van der Waals surface area contributed by atoms with Crippen molar-refractivity contribution < 1.29 is 14.6 Å². The molecule has 1 aromatic rings. The molecule has 3 rings (SSSR count). The Kier molecular flexibility index (Phi) is 4.67. The van der Waals surface area contributed by atoms with E-state index < -0.39 is 0 Å². The van der Waals surface area contributed by atoms with Gasteiger partial charge in [0.1, 0.15) is 5.75 Å². The van der Waals surface area contributed by atoms with Crippen LogP contribution in [0, 0.1) is 5.92 Å². The van der Waals surface area contributed by atoms with Gasteiger partial charge in [0, 0.05) is 25.9 Å². The number of aliphatic hydroxyl groups excluding tert-OH is 1. The van der Waals surface area contributed by atoms with E-state index in [9.17, 15) is 9.90 Å². The summed E-state index contributed by atoms with van der Waals surface area (Å²) in [4.78, 5) is 14.3. The van der Waals surface area contributed by atoms with Crippen molar-refractivity contribution >= 4 is 5.91 Å². The van der Waals surface area contributed by atoms with Crippen LogP contribution >= 0.6 is 0 Å². The number of hydrogen-bond donors (Lipinski definition) is 1. The fourth-order valence-electron chi connectivity index (χ4n) is 3.68. The first-order valence-electron chi connectivity index (χ1n) is 8.29. The van der Waals surface area contributed by atoms with Crippen molar-refractivity contribution in [1.82, 2.24) is 4.90 Å². The normalized spacial score (nSPS) is 27.1. The van der Waals surface area contributed by atoms with Gasteiger partial charge < -0.3 is 14.7 Å². The van der Waals surface area contributed by atoms with Crippen molar-refractivity contribution in [2.24, 2.45) is 5.92 Å². The van der Waals surface area contributed by atoms with Gasteiger partial charge in [-0.05, 0) is 36.8 Å². The van der Waals surface area contributed by atoms with Gasteiger partial charge in [-0.2, -0.15) is 0 Å². The molecule has 0 radical (unpaired) electrons. The number of ether oxygens (including phenoxy) is 1. The summed E-state index contributed by atoms with van der Waals surface area (Å²) >= 11 is 0. The largest absolute Gasteiger partial charge is 0.493 e. The second kappa shape index (κ2) is 6.69. The quantitative estimate of drug-likeness (QED) is 0.930. The average Bonchev–Trinajstić information content (AvgIpc) is 2.93. The molecule has 22 heavy (non-hydrogen) atoms. The Hall–Kier alpha value is -1.55. The zero-order valence-electron chi connectivity index (χ0n) is 13.2. The lowest BCUT2D eigenvalue weighted by Gasteiger charge is -2.28. The summed E-state index contributed by atoms with van der Waals surface area (Å²) in [6.07, 6.45) is 4.15. The molecule has 0 spiro atoms. The number of carbonyl (C=O) groups excluding carboxylic acids is 1. The minimum absolute atomic E-state index is 0.167. The zero-order chi connectivity index (χ0) is 15.5. The Balaban J connectivity index is 1.60. The third-order valence-electron chi connectivity index (χ3n) is 5.06. The molecule has 4 nitrogen and oxygen atoms in total. The molecule has 1 saturated carbocycles. The van der Waals surface area contributed by atoms with Crippen LogP contribution in [-0.2, 0) is 4.79 Å². The first kappa shape index (κ1) is 15.3. The Morgan fingerprint density at radius 1 is 1.32 bits per heavy atom. The fourth-order valence-corrected chi connectivity index (χ4v) is 3.68. The molecule has 1 N–H and O–H groups in total. The van der Waals surface area contributed by atoms with E-state index in [0.717, 1.165) is 37.0 Å². The van der Waals surface area contributed by atoms with Crippen molar-refractivity contribution in [3.05, 3.63) is 29.8 Å². The Morgan fingerprint density at radius 2 is 2.14 bits per heavy atom. The number of nitrogens with zero attached hydrogens (tertiary/aromatic N) is 1. The minimum Gasteiger partial charge on any atom is -0.493 e. The molecular formula is C18H25NO3. The van der Waals surface area contributed by atoms with Crippen LogP contribution in [-0.4, -0.2) is 42.2 Å². The van der Waals surface area contributed by atoms with Crippen LogP contribution in [0.3, 0.4) is 0 Å². The van der Waals surface area contributed by atoms with E-state index in [1.807, 2.05) is 25.2 Å². The van der Waals surface area contributed by atoms with Crippen LogP contribution in [0.4, 0.5) is 0 Å². The summed E-state index contributed by atoms with van der Waals surface area (Å²) in [7, 11) is 1.86. The van der Waals surface area contributed by atoms with E-state index >= 15 is 0 Å². The molecular weight excluding hydrogens is 278 g/mol. The Morgan fingerprint density at radius 3 is 2.91 bits per heavy atom. The first-order valence-corrected chi connectivity index (χ1v) is 8.29. The van der Waals surface area contributed by atoms with Crippen molar-refractivity contribution in [3.8, 4) is 5.75 Å². The van der Waals surface area contributed by atoms with Crippen LogP contribution in [0.25, 0.3) is 0 Å². The van der Waals surface area contributed by atoms with E-state index in [4.69, 9.17) is 4.74 Å². The molecule has 1 aliphatic heterocycles. The molecule has 0 bridgehead atoms. The molecule has 1 heterocycles. The third kappa shape index (κ3) is 3.27. The van der Waals surface area contributed by atoms with Gasteiger partial charge >= 0.3 is 0 Å². The molecule has 120 valence electrons. The maximum absolute atomic E-state index is 12.5. The second-order valence-electron chi connectivity index (χ2n) is 6.61. The molecule has 4 heteroatoms. The highest BCUT2D eigenvalue weighted by Crippen LogP contribution is 2.36. The highest BCUT2D eigenvalue weighted by molar-refractivity contribution is 5.77. The summed E-state index contributed by atoms with van der Waals surface area (Å²) in [6.45, 7) is 1.35.